The number of rotatable bonds is 8. The second-order valence-electron chi connectivity index (χ2n) is 7.06. The van der Waals surface area contributed by atoms with Crippen molar-refractivity contribution in [1.29, 1.82) is 0 Å². The predicted octanol–water partition coefficient (Wildman–Crippen LogP) is 3.63. The number of nitrogens with one attached hydrogen (secondary N) is 2. The SMILES string of the molecule is CC(Sc1cccc(NC(=O)Cc2ccccc2)c1)C(=O)Nc1ccc(S(N)(=O)=O)cc1. The summed E-state index contributed by atoms with van der Waals surface area (Å²) < 4.78 is 22.6. The van der Waals surface area contributed by atoms with E-state index in [0.29, 0.717) is 11.4 Å². The van der Waals surface area contributed by atoms with Gasteiger partial charge in [0.25, 0.3) is 0 Å². The second-order valence-corrected chi connectivity index (χ2v) is 10.0. The van der Waals surface area contributed by atoms with E-state index < -0.39 is 15.3 Å². The number of carbonyl (C=O) groups excluding carboxylic acids is 2. The van der Waals surface area contributed by atoms with Crippen LogP contribution in [0.3, 0.4) is 0 Å². The Morgan fingerprint density at radius 3 is 2.25 bits per heavy atom. The van der Waals surface area contributed by atoms with Crippen molar-refractivity contribution in [2.75, 3.05) is 10.6 Å². The van der Waals surface area contributed by atoms with E-state index in [1.54, 1.807) is 13.0 Å². The summed E-state index contributed by atoms with van der Waals surface area (Å²) in [6.45, 7) is 1.76. The zero-order valence-corrected chi connectivity index (χ0v) is 18.9. The quantitative estimate of drug-likeness (QED) is 0.435. The summed E-state index contributed by atoms with van der Waals surface area (Å²) in [6, 6.07) is 22.4. The first-order valence-corrected chi connectivity index (χ1v) is 12.2. The molecule has 0 aliphatic rings. The molecule has 9 heteroatoms. The number of sulfonamides is 1. The summed E-state index contributed by atoms with van der Waals surface area (Å²) in [6.07, 6.45) is 0.279. The van der Waals surface area contributed by atoms with E-state index in [1.165, 1.54) is 36.0 Å². The average molecular weight is 470 g/mol. The monoisotopic (exact) mass is 469 g/mol. The first kappa shape index (κ1) is 23.5. The minimum Gasteiger partial charge on any atom is -0.326 e. The molecule has 1 unspecified atom stereocenters. The normalized spacial score (nSPS) is 12.1. The molecule has 0 aliphatic heterocycles. The molecule has 0 saturated heterocycles. The first-order chi connectivity index (χ1) is 15.2. The maximum atomic E-state index is 12.5. The molecule has 32 heavy (non-hydrogen) atoms. The van der Waals surface area contributed by atoms with Gasteiger partial charge < -0.3 is 10.6 Å². The number of hydrogen-bond donors (Lipinski definition) is 3. The van der Waals surface area contributed by atoms with E-state index in [4.69, 9.17) is 5.14 Å². The molecular weight excluding hydrogens is 446 g/mol. The molecule has 0 spiro atoms. The van der Waals surface area contributed by atoms with Gasteiger partial charge in [-0.3, -0.25) is 9.59 Å². The molecule has 4 N–H and O–H groups in total. The van der Waals surface area contributed by atoms with Crippen molar-refractivity contribution in [2.45, 2.75) is 28.4 Å². The van der Waals surface area contributed by atoms with Crippen LogP contribution in [0.1, 0.15) is 12.5 Å². The Morgan fingerprint density at radius 1 is 0.906 bits per heavy atom. The molecule has 0 fully saturated rings. The Morgan fingerprint density at radius 2 is 1.59 bits per heavy atom. The zero-order valence-electron chi connectivity index (χ0n) is 17.3. The Balaban J connectivity index is 1.57. The van der Waals surface area contributed by atoms with Gasteiger partial charge in [0.05, 0.1) is 16.6 Å². The Hall–Kier alpha value is -3.14. The average Bonchev–Trinajstić information content (AvgIpc) is 2.74. The highest BCUT2D eigenvalue weighted by molar-refractivity contribution is 8.00. The fraction of sp³-hybridized carbons (Fsp3) is 0.130. The van der Waals surface area contributed by atoms with E-state index in [2.05, 4.69) is 10.6 Å². The summed E-state index contributed by atoms with van der Waals surface area (Å²) in [5.74, 6) is -0.357. The minimum absolute atomic E-state index is 0.0240. The summed E-state index contributed by atoms with van der Waals surface area (Å²) >= 11 is 1.34. The van der Waals surface area contributed by atoms with E-state index in [9.17, 15) is 18.0 Å². The largest absolute Gasteiger partial charge is 0.326 e. The van der Waals surface area contributed by atoms with Crippen molar-refractivity contribution in [3.8, 4) is 0 Å². The van der Waals surface area contributed by atoms with Crippen LogP contribution in [-0.2, 0) is 26.0 Å². The second kappa shape index (κ2) is 10.4. The van der Waals surface area contributed by atoms with Crippen molar-refractivity contribution in [3.63, 3.8) is 0 Å². The molecule has 0 aromatic heterocycles. The maximum absolute atomic E-state index is 12.5. The lowest BCUT2D eigenvalue weighted by Gasteiger charge is -2.13. The van der Waals surface area contributed by atoms with Crippen molar-refractivity contribution in [3.05, 3.63) is 84.4 Å². The van der Waals surface area contributed by atoms with Crippen molar-refractivity contribution >= 4 is 45.0 Å². The zero-order chi connectivity index (χ0) is 23.1. The van der Waals surface area contributed by atoms with Gasteiger partial charge in [-0.15, -0.1) is 11.8 Å². The number of hydrogen-bond acceptors (Lipinski definition) is 5. The molecule has 0 heterocycles. The third-order valence-electron chi connectivity index (χ3n) is 4.46. The van der Waals surface area contributed by atoms with Gasteiger partial charge in [0.1, 0.15) is 0 Å². The van der Waals surface area contributed by atoms with Crippen LogP contribution in [0.2, 0.25) is 0 Å². The van der Waals surface area contributed by atoms with Crippen LogP contribution >= 0.6 is 11.8 Å². The highest BCUT2D eigenvalue weighted by Crippen LogP contribution is 2.27. The standard InChI is InChI=1S/C23H23N3O4S2/c1-16(23(28)26-18-10-12-21(13-11-18)32(24,29)30)31-20-9-5-8-19(15-20)25-22(27)14-17-6-3-2-4-7-17/h2-13,15-16H,14H2,1H3,(H,25,27)(H,26,28)(H2,24,29,30). The lowest BCUT2D eigenvalue weighted by atomic mass is 10.1. The number of amides is 2. The van der Waals surface area contributed by atoms with E-state index in [-0.39, 0.29) is 23.1 Å². The van der Waals surface area contributed by atoms with Gasteiger partial charge in [0, 0.05) is 16.3 Å². The Labute approximate surface area is 191 Å². The van der Waals surface area contributed by atoms with Gasteiger partial charge >= 0.3 is 0 Å². The highest BCUT2D eigenvalue weighted by Gasteiger charge is 2.16. The molecule has 3 rings (SSSR count). The molecule has 2 amide bonds. The number of anilines is 2. The van der Waals surface area contributed by atoms with Crippen molar-refractivity contribution in [2.24, 2.45) is 5.14 Å². The third kappa shape index (κ3) is 6.94. The minimum atomic E-state index is -3.78. The molecule has 3 aromatic rings. The van der Waals surface area contributed by atoms with E-state index >= 15 is 0 Å². The van der Waals surface area contributed by atoms with Crippen LogP contribution in [0.15, 0.2) is 88.7 Å². The smallest absolute Gasteiger partial charge is 0.238 e. The van der Waals surface area contributed by atoms with Crippen LogP contribution in [0.25, 0.3) is 0 Å². The fourth-order valence-corrected chi connectivity index (χ4v) is 4.30. The van der Waals surface area contributed by atoms with Crippen molar-refractivity contribution < 1.29 is 18.0 Å². The summed E-state index contributed by atoms with van der Waals surface area (Å²) in [7, 11) is -3.78. The van der Waals surface area contributed by atoms with Crippen molar-refractivity contribution in [1.82, 2.24) is 0 Å². The van der Waals surface area contributed by atoms with Crippen LogP contribution in [-0.4, -0.2) is 25.5 Å². The van der Waals surface area contributed by atoms with Gasteiger partial charge in [-0.25, -0.2) is 13.6 Å². The number of nitrogens with two attached hydrogens (primary N) is 1. The molecule has 1 atom stereocenters. The summed E-state index contributed by atoms with van der Waals surface area (Å²) in [5.41, 5.74) is 2.05. The van der Waals surface area contributed by atoms with Gasteiger partial charge in [-0.1, -0.05) is 36.4 Å². The van der Waals surface area contributed by atoms with Gasteiger partial charge in [0.15, 0.2) is 0 Å². The van der Waals surface area contributed by atoms with Gasteiger partial charge in [-0.2, -0.15) is 0 Å². The van der Waals surface area contributed by atoms with Crippen LogP contribution in [0.4, 0.5) is 11.4 Å². The van der Waals surface area contributed by atoms with Crippen LogP contribution in [0.5, 0.6) is 0 Å². The number of benzene rings is 3. The summed E-state index contributed by atoms with van der Waals surface area (Å²) in [5, 5.41) is 10.3. The molecule has 0 bridgehead atoms. The summed E-state index contributed by atoms with van der Waals surface area (Å²) in [4.78, 5) is 25.6. The molecule has 7 nitrogen and oxygen atoms in total. The lowest BCUT2D eigenvalue weighted by Crippen LogP contribution is -2.22. The Kier molecular flexibility index (Phi) is 7.68. The van der Waals surface area contributed by atoms with Gasteiger partial charge in [-0.05, 0) is 55.0 Å². The number of carbonyl (C=O) groups is 2. The highest BCUT2D eigenvalue weighted by atomic mass is 32.2. The first-order valence-electron chi connectivity index (χ1n) is 9.75. The molecule has 3 aromatic carbocycles. The molecule has 166 valence electrons. The van der Waals surface area contributed by atoms with E-state index in [1.807, 2.05) is 48.5 Å². The molecule has 0 saturated carbocycles. The van der Waals surface area contributed by atoms with Crippen LogP contribution < -0.4 is 15.8 Å². The third-order valence-corrected chi connectivity index (χ3v) is 6.48. The molecule has 0 radical (unpaired) electrons. The topological polar surface area (TPSA) is 118 Å². The number of primary sulfonamides is 1. The fourth-order valence-electron chi connectivity index (χ4n) is 2.86. The molecular formula is C23H23N3O4S2. The number of thioether (sulfide) groups is 1. The van der Waals surface area contributed by atoms with E-state index in [0.717, 1.165) is 10.5 Å². The predicted molar refractivity (Wildman–Crippen MR) is 127 cm³/mol. The lowest BCUT2D eigenvalue weighted by molar-refractivity contribution is -0.116. The maximum Gasteiger partial charge on any atom is 0.238 e. The van der Waals surface area contributed by atoms with Crippen LogP contribution in [0, 0.1) is 0 Å². The van der Waals surface area contributed by atoms with Gasteiger partial charge in [0.2, 0.25) is 21.8 Å². The molecule has 0 aliphatic carbocycles. The Bertz CT molecular complexity index is 1200.